The van der Waals surface area contributed by atoms with Crippen LogP contribution in [0.5, 0.6) is 0 Å². The fourth-order valence-corrected chi connectivity index (χ4v) is 4.26. The highest BCUT2D eigenvalue weighted by molar-refractivity contribution is 5.95. The van der Waals surface area contributed by atoms with E-state index in [1.165, 1.54) is 37.5 Å². The zero-order valence-electron chi connectivity index (χ0n) is 16.9. The maximum atomic E-state index is 14.3. The van der Waals surface area contributed by atoms with Crippen molar-refractivity contribution >= 4 is 11.8 Å². The predicted octanol–water partition coefficient (Wildman–Crippen LogP) is 1.51. The van der Waals surface area contributed by atoms with E-state index in [9.17, 15) is 14.0 Å². The Morgan fingerprint density at radius 3 is 2.60 bits per heavy atom. The minimum atomic E-state index is -0.842. The van der Waals surface area contributed by atoms with Crippen LogP contribution in [0.4, 0.5) is 4.39 Å². The summed E-state index contributed by atoms with van der Waals surface area (Å²) in [4.78, 5) is 37.7. The summed E-state index contributed by atoms with van der Waals surface area (Å²) in [5, 5.41) is 3.02. The van der Waals surface area contributed by atoms with Crippen molar-refractivity contribution in [2.75, 3.05) is 39.3 Å². The molecule has 4 rings (SSSR count). The van der Waals surface area contributed by atoms with Gasteiger partial charge in [-0.25, -0.2) is 9.37 Å². The lowest BCUT2D eigenvalue weighted by Crippen LogP contribution is -2.66. The van der Waals surface area contributed by atoms with Gasteiger partial charge in [-0.2, -0.15) is 0 Å². The van der Waals surface area contributed by atoms with Gasteiger partial charge < -0.3 is 15.1 Å². The van der Waals surface area contributed by atoms with E-state index in [2.05, 4.69) is 20.2 Å². The van der Waals surface area contributed by atoms with Crippen molar-refractivity contribution in [3.63, 3.8) is 0 Å². The highest BCUT2D eigenvalue weighted by Gasteiger charge is 2.51. The summed E-state index contributed by atoms with van der Waals surface area (Å²) in [5.41, 5.74) is -0.115. The lowest BCUT2D eigenvalue weighted by molar-refractivity contribution is -0.139. The van der Waals surface area contributed by atoms with Gasteiger partial charge >= 0.3 is 0 Å². The first-order valence-electron chi connectivity index (χ1n) is 10.4. The van der Waals surface area contributed by atoms with E-state index in [0.29, 0.717) is 12.1 Å². The number of nitrogens with zero attached hydrogens (tertiary/aromatic N) is 4. The Bertz CT molecular complexity index is 895. The first kappa shape index (κ1) is 20.4. The van der Waals surface area contributed by atoms with Crippen molar-refractivity contribution in [1.82, 2.24) is 25.1 Å². The van der Waals surface area contributed by atoms with E-state index in [1.54, 1.807) is 23.1 Å². The molecular weight excluding hydrogens is 385 g/mol. The first-order chi connectivity index (χ1) is 14.6. The summed E-state index contributed by atoms with van der Waals surface area (Å²) >= 11 is 0. The molecule has 0 bridgehead atoms. The van der Waals surface area contributed by atoms with Crippen LogP contribution >= 0.6 is 0 Å². The molecule has 0 aliphatic carbocycles. The highest BCUT2D eigenvalue weighted by Crippen LogP contribution is 2.36. The standard InChI is InChI=1S/C22H26FN5O2/c23-18-6-2-1-5-17(18)13-22(21(30)26-9-12-27-10-3-4-11-27)15-28(16-22)20(29)19-14-24-7-8-25-19/h1-2,5-8,14H,3-4,9-13,15-16H2,(H,26,30). The molecule has 1 aromatic carbocycles. The molecule has 2 aliphatic heterocycles. The molecule has 2 amide bonds. The lowest BCUT2D eigenvalue weighted by Gasteiger charge is -2.48. The Balaban J connectivity index is 1.44. The molecule has 1 aromatic heterocycles. The van der Waals surface area contributed by atoms with Crippen LogP contribution in [0.1, 0.15) is 28.9 Å². The van der Waals surface area contributed by atoms with Gasteiger partial charge in [0.2, 0.25) is 5.91 Å². The molecule has 8 heteroatoms. The van der Waals surface area contributed by atoms with Crippen molar-refractivity contribution in [2.45, 2.75) is 19.3 Å². The average molecular weight is 411 g/mol. The van der Waals surface area contributed by atoms with E-state index in [1.807, 2.05) is 0 Å². The largest absolute Gasteiger partial charge is 0.354 e. The molecule has 2 saturated heterocycles. The third-order valence-corrected chi connectivity index (χ3v) is 5.94. The molecule has 2 aliphatic rings. The third kappa shape index (κ3) is 4.33. The van der Waals surface area contributed by atoms with E-state index in [4.69, 9.17) is 0 Å². The number of amides is 2. The van der Waals surface area contributed by atoms with Crippen LogP contribution < -0.4 is 5.32 Å². The second-order valence-corrected chi connectivity index (χ2v) is 8.11. The smallest absolute Gasteiger partial charge is 0.274 e. The monoisotopic (exact) mass is 411 g/mol. The second kappa shape index (κ2) is 8.87. The van der Waals surface area contributed by atoms with Gasteiger partial charge in [-0.05, 0) is 44.0 Å². The number of hydrogen-bond acceptors (Lipinski definition) is 5. The Kier molecular flexibility index (Phi) is 6.03. The van der Waals surface area contributed by atoms with Crippen LogP contribution in [-0.2, 0) is 11.2 Å². The van der Waals surface area contributed by atoms with Gasteiger partial charge in [-0.15, -0.1) is 0 Å². The topological polar surface area (TPSA) is 78.4 Å². The van der Waals surface area contributed by atoms with Crippen LogP contribution in [0.25, 0.3) is 0 Å². The van der Waals surface area contributed by atoms with Crippen LogP contribution in [0.15, 0.2) is 42.9 Å². The molecule has 0 atom stereocenters. The van der Waals surface area contributed by atoms with E-state index < -0.39 is 5.41 Å². The minimum absolute atomic E-state index is 0.131. The summed E-state index contributed by atoms with van der Waals surface area (Å²) in [7, 11) is 0. The van der Waals surface area contributed by atoms with Crippen molar-refractivity contribution in [3.8, 4) is 0 Å². The van der Waals surface area contributed by atoms with Crippen molar-refractivity contribution < 1.29 is 14.0 Å². The molecule has 7 nitrogen and oxygen atoms in total. The fraction of sp³-hybridized carbons (Fsp3) is 0.455. The van der Waals surface area contributed by atoms with Gasteiger partial charge in [0.1, 0.15) is 11.5 Å². The minimum Gasteiger partial charge on any atom is -0.354 e. The number of rotatable bonds is 7. The molecule has 2 fully saturated rings. The van der Waals surface area contributed by atoms with Crippen LogP contribution in [0.2, 0.25) is 0 Å². The number of halogens is 1. The highest BCUT2D eigenvalue weighted by atomic mass is 19.1. The average Bonchev–Trinajstić information content (AvgIpc) is 3.25. The SMILES string of the molecule is O=C(c1cnccn1)N1CC(Cc2ccccc2F)(C(=O)NCCN2CCCC2)C1. The summed E-state index contributed by atoms with van der Waals surface area (Å²) in [5.74, 6) is -0.731. The Morgan fingerprint density at radius 1 is 1.13 bits per heavy atom. The van der Waals surface area contributed by atoms with Crippen LogP contribution in [-0.4, -0.2) is 70.9 Å². The molecule has 0 radical (unpaired) electrons. The number of carbonyl (C=O) groups excluding carboxylic acids is 2. The number of hydrogen-bond donors (Lipinski definition) is 1. The van der Waals surface area contributed by atoms with Gasteiger partial charge in [0.05, 0.1) is 11.6 Å². The maximum absolute atomic E-state index is 14.3. The molecule has 1 N–H and O–H groups in total. The van der Waals surface area contributed by atoms with Gasteiger partial charge in [-0.3, -0.25) is 14.6 Å². The van der Waals surface area contributed by atoms with Gasteiger partial charge in [-0.1, -0.05) is 18.2 Å². The first-order valence-corrected chi connectivity index (χ1v) is 10.4. The number of nitrogens with one attached hydrogen (secondary N) is 1. The predicted molar refractivity (Wildman–Crippen MR) is 109 cm³/mol. The summed E-state index contributed by atoms with van der Waals surface area (Å²) < 4.78 is 14.3. The maximum Gasteiger partial charge on any atom is 0.274 e. The van der Waals surface area contributed by atoms with Crippen LogP contribution in [0, 0.1) is 11.2 Å². The number of aromatic nitrogens is 2. The Hall–Kier alpha value is -2.87. The number of likely N-dealkylation sites (tertiary alicyclic amines) is 2. The molecule has 0 saturated carbocycles. The lowest BCUT2D eigenvalue weighted by atomic mass is 9.73. The molecule has 3 heterocycles. The van der Waals surface area contributed by atoms with Crippen molar-refractivity contribution in [1.29, 1.82) is 0 Å². The molecule has 30 heavy (non-hydrogen) atoms. The van der Waals surface area contributed by atoms with Gasteiger partial charge in [0, 0.05) is 38.6 Å². The van der Waals surface area contributed by atoms with Gasteiger partial charge in [0.15, 0.2) is 0 Å². The molecule has 0 unspecified atom stereocenters. The molecular formula is C22H26FN5O2. The van der Waals surface area contributed by atoms with Crippen molar-refractivity contribution in [2.24, 2.45) is 5.41 Å². The molecule has 0 spiro atoms. The van der Waals surface area contributed by atoms with E-state index in [0.717, 1.165) is 19.6 Å². The summed E-state index contributed by atoms with van der Waals surface area (Å²) in [6, 6.07) is 6.49. The Morgan fingerprint density at radius 2 is 1.90 bits per heavy atom. The van der Waals surface area contributed by atoms with Crippen LogP contribution in [0.3, 0.4) is 0 Å². The zero-order valence-corrected chi connectivity index (χ0v) is 16.9. The number of carbonyl (C=O) groups is 2. The zero-order chi connectivity index (χ0) is 21.0. The molecule has 158 valence electrons. The second-order valence-electron chi connectivity index (χ2n) is 8.11. The van der Waals surface area contributed by atoms with E-state index in [-0.39, 0.29) is 42.8 Å². The fourth-order valence-electron chi connectivity index (χ4n) is 4.26. The Labute approximate surface area is 175 Å². The summed E-state index contributed by atoms with van der Waals surface area (Å²) in [6.45, 7) is 3.95. The van der Waals surface area contributed by atoms with Crippen molar-refractivity contribution in [3.05, 3.63) is 59.9 Å². The normalized spacial score (nSPS) is 18.1. The number of benzene rings is 1. The summed E-state index contributed by atoms with van der Waals surface area (Å²) in [6.07, 6.45) is 7.03. The third-order valence-electron chi connectivity index (χ3n) is 5.94. The quantitative estimate of drug-likeness (QED) is 0.747. The van der Waals surface area contributed by atoms with Gasteiger partial charge in [0.25, 0.3) is 5.91 Å². The molecule has 2 aromatic rings. The van der Waals surface area contributed by atoms with E-state index >= 15 is 0 Å².